The fourth-order valence-electron chi connectivity index (χ4n) is 2.54. The van der Waals surface area contributed by atoms with Crippen LogP contribution in [0.1, 0.15) is 49.9 Å². The molecule has 1 fully saturated rings. The third kappa shape index (κ3) is 3.16. The molecule has 22 heavy (non-hydrogen) atoms. The molecule has 0 saturated heterocycles. The van der Waals surface area contributed by atoms with Crippen molar-refractivity contribution in [3.8, 4) is 0 Å². The van der Waals surface area contributed by atoms with Crippen LogP contribution in [0.25, 0.3) is 0 Å². The molecule has 2 heterocycles. The van der Waals surface area contributed by atoms with Crippen LogP contribution in [0.5, 0.6) is 0 Å². The highest BCUT2D eigenvalue weighted by atomic mass is 16.5. The van der Waals surface area contributed by atoms with Crippen LogP contribution in [0.4, 0.5) is 4.79 Å². The standard InChI is InChI=1S/C16H21N3O3/c1-3-12-9-14(22-18-12)10-17-16(20)19(13-6-7-13)11(2)15-5-4-8-21-15/h4-5,8-9,11,13H,3,6-7,10H2,1-2H3,(H,17,20)/t11-/m0/s1. The van der Waals surface area contributed by atoms with Gasteiger partial charge in [-0.05, 0) is 38.3 Å². The van der Waals surface area contributed by atoms with Crippen molar-refractivity contribution in [1.82, 2.24) is 15.4 Å². The summed E-state index contributed by atoms with van der Waals surface area (Å²) in [6.07, 6.45) is 4.54. The zero-order chi connectivity index (χ0) is 15.5. The Hall–Kier alpha value is -2.24. The second-order valence-corrected chi connectivity index (χ2v) is 5.63. The Kier molecular flexibility index (Phi) is 4.18. The molecule has 1 saturated carbocycles. The molecule has 2 aromatic heterocycles. The van der Waals surface area contributed by atoms with Gasteiger partial charge in [0.2, 0.25) is 0 Å². The second-order valence-electron chi connectivity index (χ2n) is 5.63. The SMILES string of the molecule is CCc1cc(CNC(=O)N(C2CC2)[C@@H](C)c2ccco2)on1. The normalized spacial score (nSPS) is 15.5. The molecule has 6 heteroatoms. The van der Waals surface area contributed by atoms with Crippen LogP contribution < -0.4 is 5.32 Å². The van der Waals surface area contributed by atoms with E-state index in [1.54, 1.807) is 6.26 Å². The Morgan fingerprint density at radius 1 is 1.55 bits per heavy atom. The fraction of sp³-hybridized carbons (Fsp3) is 0.500. The lowest BCUT2D eigenvalue weighted by molar-refractivity contribution is 0.165. The number of carbonyl (C=O) groups excluding carboxylic acids is 1. The van der Waals surface area contributed by atoms with Gasteiger partial charge in [-0.1, -0.05) is 12.1 Å². The summed E-state index contributed by atoms with van der Waals surface area (Å²) in [5.74, 6) is 1.47. The summed E-state index contributed by atoms with van der Waals surface area (Å²) in [4.78, 5) is 14.4. The molecule has 0 unspecified atom stereocenters. The Morgan fingerprint density at radius 3 is 2.95 bits per heavy atom. The molecule has 3 rings (SSSR count). The first-order valence-electron chi connectivity index (χ1n) is 7.73. The predicted octanol–water partition coefficient (Wildman–Crippen LogP) is 3.27. The average Bonchev–Trinajstić information content (AvgIpc) is 3.05. The molecule has 0 spiro atoms. The number of hydrogen-bond acceptors (Lipinski definition) is 4. The number of hydrogen-bond donors (Lipinski definition) is 1. The van der Waals surface area contributed by atoms with Crippen molar-refractivity contribution in [3.63, 3.8) is 0 Å². The molecular weight excluding hydrogens is 282 g/mol. The molecule has 1 N–H and O–H groups in total. The lowest BCUT2D eigenvalue weighted by atomic mass is 10.2. The van der Waals surface area contributed by atoms with Gasteiger partial charge in [-0.3, -0.25) is 0 Å². The first-order valence-corrected chi connectivity index (χ1v) is 7.73. The van der Waals surface area contributed by atoms with E-state index in [-0.39, 0.29) is 12.1 Å². The second kappa shape index (κ2) is 6.25. The molecule has 2 amide bonds. The smallest absolute Gasteiger partial charge is 0.318 e. The van der Waals surface area contributed by atoms with Crippen molar-refractivity contribution < 1.29 is 13.7 Å². The summed E-state index contributed by atoms with van der Waals surface area (Å²) >= 11 is 0. The van der Waals surface area contributed by atoms with E-state index in [2.05, 4.69) is 10.5 Å². The first kappa shape index (κ1) is 14.7. The molecule has 2 aromatic rings. The van der Waals surface area contributed by atoms with Crippen LogP contribution in [0.2, 0.25) is 0 Å². The Morgan fingerprint density at radius 2 is 2.36 bits per heavy atom. The summed E-state index contributed by atoms with van der Waals surface area (Å²) in [6, 6.07) is 5.73. The number of amides is 2. The minimum Gasteiger partial charge on any atom is -0.467 e. The van der Waals surface area contributed by atoms with E-state index >= 15 is 0 Å². The van der Waals surface area contributed by atoms with E-state index in [1.807, 2.05) is 36.9 Å². The van der Waals surface area contributed by atoms with Gasteiger partial charge < -0.3 is 19.2 Å². The van der Waals surface area contributed by atoms with Crippen LogP contribution in [0.3, 0.4) is 0 Å². The number of carbonyl (C=O) groups is 1. The number of aromatic nitrogens is 1. The van der Waals surface area contributed by atoms with Crippen LogP contribution in [0, 0.1) is 0 Å². The zero-order valence-corrected chi connectivity index (χ0v) is 12.9. The van der Waals surface area contributed by atoms with Gasteiger partial charge in [0.15, 0.2) is 5.76 Å². The molecule has 0 aromatic carbocycles. The fourth-order valence-corrected chi connectivity index (χ4v) is 2.54. The summed E-state index contributed by atoms with van der Waals surface area (Å²) in [6.45, 7) is 4.35. The third-order valence-corrected chi connectivity index (χ3v) is 3.93. The number of urea groups is 1. The van der Waals surface area contributed by atoms with Gasteiger partial charge >= 0.3 is 6.03 Å². The van der Waals surface area contributed by atoms with Gasteiger partial charge in [0.25, 0.3) is 0 Å². The van der Waals surface area contributed by atoms with Crippen LogP contribution >= 0.6 is 0 Å². The van der Waals surface area contributed by atoms with E-state index in [0.717, 1.165) is 30.7 Å². The van der Waals surface area contributed by atoms with Gasteiger partial charge in [0, 0.05) is 12.1 Å². The lowest BCUT2D eigenvalue weighted by Gasteiger charge is -2.28. The molecule has 1 aliphatic carbocycles. The van der Waals surface area contributed by atoms with E-state index in [0.29, 0.717) is 18.3 Å². The van der Waals surface area contributed by atoms with E-state index in [4.69, 9.17) is 8.94 Å². The van der Waals surface area contributed by atoms with Crippen molar-refractivity contribution >= 4 is 6.03 Å². The van der Waals surface area contributed by atoms with Gasteiger partial charge in [0.05, 0.1) is 24.5 Å². The monoisotopic (exact) mass is 303 g/mol. The summed E-state index contributed by atoms with van der Waals surface area (Å²) < 4.78 is 10.6. The number of furan rings is 1. The number of aryl methyl sites for hydroxylation is 1. The van der Waals surface area contributed by atoms with Gasteiger partial charge in [0.1, 0.15) is 5.76 Å². The first-order chi connectivity index (χ1) is 10.7. The highest BCUT2D eigenvalue weighted by molar-refractivity contribution is 5.75. The molecular formula is C16H21N3O3. The number of nitrogens with one attached hydrogen (secondary N) is 1. The lowest BCUT2D eigenvalue weighted by Crippen LogP contribution is -2.42. The molecule has 118 valence electrons. The highest BCUT2D eigenvalue weighted by Crippen LogP contribution is 2.34. The minimum absolute atomic E-state index is 0.0802. The van der Waals surface area contributed by atoms with Crippen molar-refractivity contribution in [2.75, 3.05) is 0 Å². The maximum atomic E-state index is 12.5. The zero-order valence-electron chi connectivity index (χ0n) is 12.9. The average molecular weight is 303 g/mol. The molecule has 1 aliphatic rings. The number of rotatable bonds is 6. The van der Waals surface area contributed by atoms with E-state index in [1.165, 1.54) is 0 Å². The van der Waals surface area contributed by atoms with Crippen molar-refractivity contribution in [3.05, 3.63) is 41.7 Å². The minimum atomic E-state index is -0.0964. The quantitative estimate of drug-likeness (QED) is 0.889. The summed E-state index contributed by atoms with van der Waals surface area (Å²) in [5, 5.41) is 6.84. The molecule has 1 atom stereocenters. The number of nitrogens with zero attached hydrogens (tertiary/aromatic N) is 2. The van der Waals surface area contributed by atoms with Crippen LogP contribution in [0.15, 0.2) is 33.4 Å². The molecule has 6 nitrogen and oxygen atoms in total. The van der Waals surface area contributed by atoms with Gasteiger partial charge in [-0.25, -0.2) is 4.79 Å². The Bertz CT molecular complexity index is 616. The van der Waals surface area contributed by atoms with Crippen LogP contribution in [-0.2, 0) is 13.0 Å². The molecule has 0 aliphatic heterocycles. The van der Waals surface area contributed by atoms with Crippen molar-refractivity contribution in [2.24, 2.45) is 0 Å². The van der Waals surface area contributed by atoms with Gasteiger partial charge in [-0.15, -0.1) is 0 Å². The van der Waals surface area contributed by atoms with Crippen molar-refractivity contribution in [2.45, 2.75) is 51.7 Å². The summed E-state index contributed by atoms with van der Waals surface area (Å²) in [7, 11) is 0. The molecule has 0 radical (unpaired) electrons. The topological polar surface area (TPSA) is 71.5 Å². The van der Waals surface area contributed by atoms with Gasteiger partial charge in [-0.2, -0.15) is 0 Å². The van der Waals surface area contributed by atoms with E-state index in [9.17, 15) is 4.79 Å². The Balaban J connectivity index is 1.63. The maximum Gasteiger partial charge on any atom is 0.318 e. The van der Waals surface area contributed by atoms with Crippen molar-refractivity contribution in [1.29, 1.82) is 0 Å². The van der Waals surface area contributed by atoms with Crippen LogP contribution in [-0.4, -0.2) is 22.1 Å². The third-order valence-electron chi connectivity index (χ3n) is 3.93. The summed E-state index contributed by atoms with van der Waals surface area (Å²) in [5.41, 5.74) is 0.896. The maximum absolute atomic E-state index is 12.5. The predicted molar refractivity (Wildman–Crippen MR) is 80.1 cm³/mol. The highest BCUT2D eigenvalue weighted by Gasteiger charge is 2.37. The van der Waals surface area contributed by atoms with E-state index < -0.39 is 0 Å². The molecule has 0 bridgehead atoms. The Labute approximate surface area is 129 Å². The largest absolute Gasteiger partial charge is 0.467 e.